The summed E-state index contributed by atoms with van der Waals surface area (Å²) in [4.78, 5) is 12.8. The molecule has 0 saturated carbocycles. The number of aliphatic hydroxyl groups is 3. The first kappa shape index (κ1) is 40.0. The predicted octanol–water partition coefficient (Wildman–Crippen LogP) is 10.2. The largest absolute Gasteiger partial charge is 0.393 e. The fraction of sp³-hybridized carbons (Fsp3) is 0.971. The highest BCUT2D eigenvalue weighted by atomic mass is 31.0. The Morgan fingerprint density at radius 2 is 0.775 bits per heavy atom. The van der Waals surface area contributed by atoms with Gasteiger partial charge in [0.05, 0.1) is 6.61 Å². The van der Waals surface area contributed by atoms with Gasteiger partial charge in [0.1, 0.15) is 5.34 Å². The molecular formula is C35H71O4P. The van der Waals surface area contributed by atoms with Crippen molar-refractivity contribution in [3.05, 3.63) is 0 Å². The summed E-state index contributed by atoms with van der Waals surface area (Å²) in [6.45, 7) is 3.79. The van der Waals surface area contributed by atoms with E-state index in [-0.39, 0.29) is 6.42 Å². The lowest BCUT2D eigenvalue weighted by Gasteiger charge is -2.38. The summed E-state index contributed by atoms with van der Waals surface area (Å²) in [7, 11) is 2.27. The molecule has 3 unspecified atom stereocenters. The van der Waals surface area contributed by atoms with Gasteiger partial charge in [0.2, 0.25) is 0 Å². The molecule has 0 aliphatic rings. The van der Waals surface area contributed by atoms with Crippen molar-refractivity contribution in [3.8, 4) is 0 Å². The van der Waals surface area contributed by atoms with Gasteiger partial charge in [-0.3, -0.25) is 4.79 Å². The minimum Gasteiger partial charge on any atom is -0.393 e. The van der Waals surface area contributed by atoms with Gasteiger partial charge in [-0.2, -0.15) is 0 Å². The molecule has 4 nitrogen and oxygen atoms in total. The Kier molecular flexibility index (Phi) is 27.8. The highest BCUT2D eigenvalue weighted by Gasteiger charge is 2.50. The summed E-state index contributed by atoms with van der Waals surface area (Å²) < 4.78 is 0. The summed E-state index contributed by atoms with van der Waals surface area (Å²) >= 11 is 0. The quantitative estimate of drug-likeness (QED) is 0.0541. The van der Waals surface area contributed by atoms with E-state index < -0.39 is 23.3 Å². The molecule has 5 heteroatoms. The molecular weight excluding hydrogens is 515 g/mol. The number of unbranched alkanes of at least 4 members (excludes halogenated alkanes) is 25. The van der Waals surface area contributed by atoms with Gasteiger partial charge in [0.15, 0.2) is 11.4 Å². The van der Waals surface area contributed by atoms with Crippen LogP contribution in [-0.4, -0.2) is 38.7 Å². The molecule has 0 rings (SSSR count). The summed E-state index contributed by atoms with van der Waals surface area (Å²) in [5.74, 6) is -0.430. The van der Waals surface area contributed by atoms with Gasteiger partial charge >= 0.3 is 0 Å². The normalized spacial score (nSPS) is 14.8. The highest BCUT2D eigenvalue weighted by Crippen LogP contribution is 2.36. The number of carbonyl (C=O) groups is 1. The van der Waals surface area contributed by atoms with Gasteiger partial charge in [-0.25, -0.2) is 0 Å². The summed E-state index contributed by atoms with van der Waals surface area (Å²) in [5.41, 5.74) is -2.09. The predicted molar refractivity (Wildman–Crippen MR) is 177 cm³/mol. The number of carbonyl (C=O) groups excluding carboxylic acids is 1. The first-order chi connectivity index (χ1) is 19.4. The average Bonchev–Trinajstić information content (AvgIpc) is 2.94. The fourth-order valence-electron chi connectivity index (χ4n) is 5.77. The lowest BCUT2D eigenvalue weighted by atomic mass is 9.85. The number of hydrogen-bond donors (Lipinski definition) is 3. The van der Waals surface area contributed by atoms with Crippen molar-refractivity contribution < 1.29 is 20.1 Å². The van der Waals surface area contributed by atoms with Crippen LogP contribution in [0.4, 0.5) is 0 Å². The maximum Gasteiger partial charge on any atom is 0.178 e. The molecule has 0 saturated heterocycles. The van der Waals surface area contributed by atoms with E-state index >= 15 is 0 Å². The third-order valence-electron chi connectivity index (χ3n) is 8.83. The molecule has 0 amide bonds. The van der Waals surface area contributed by atoms with Crippen LogP contribution in [0.25, 0.3) is 0 Å². The zero-order valence-electron chi connectivity index (χ0n) is 27.0. The Morgan fingerprint density at radius 1 is 0.500 bits per heavy atom. The van der Waals surface area contributed by atoms with Crippen LogP contribution in [0.2, 0.25) is 0 Å². The smallest absolute Gasteiger partial charge is 0.178 e. The van der Waals surface area contributed by atoms with E-state index in [0.29, 0.717) is 12.8 Å². The van der Waals surface area contributed by atoms with Crippen molar-refractivity contribution in [2.24, 2.45) is 0 Å². The summed E-state index contributed by atoms with van der Waals surface area (Å²) in [6, 6.07) is 0. The van der Waals surface area contributed by atoms with E-state index in [9.17, 15) is 20.1 Å². The monoisotopic (exact) mass is 587 g/mol. The van der Waals surface area contributed by atoms with Gasteiger partial charge in [-0.05, 0) is 12.8 Å². The molecule has 0 aliphatic carbocycles. The zero-order valence-corrected chi connectivity index (χ0v) is 28.2. The van der Waals surface area contributed by atoms with Gasteiger partial charge in [0.25, 0.3) is 0 Å². The van der Waals surface area contributed by atoms with E-state index in [1.807, 2.05) is 0 Å². The molecule has 0 bridgehead atoms. The Morgan fingerprint density at radius 3 is 1.07 bits per heavy atom. The molecule has 3 N–H and O–H groups in total. The molecule has 240 valence electrons. The number of aliphatic hydroxyl groups excluding tert-OH is 1. The first-order valence-electron chi connectivity index (χ1n) is 17.7. The van der Waals surface area contributed by atoms with Crippen LogP contribution < -0.4 is 0 Å². The number of hydrogen-bond acceptors (Lipinski definition) is 4. The zero-order chi connectivity index (χ0) is 29.8. The van der Waals surface area contributed by atoms with Gasteiger partial charge in [-0.1, -0.05) is 190 Å². The first-order valence-corrected chi connectivity index (χ1v) is 18.3. The molecule has 0 aromatic rings. The summed E-state index contributed by atoms with van der Waals surface area (Å²) in [6.07, 6.45) is 34.1. The third kappa shape index (κ3) is 20.8. The second-order valence-corrected chi connectivity index (χ2v) is 13.7. The molecule has 3 atom stereocenters. The molecule has 40 heavy (non-hydrogen) atoms. The van der Waals surface area contributed by atoms with E-state index in [4.69, 9.17) is 0 Å². The molecule has 0 aromatic carbocycles. The van der Waals surface area contributed by atoms with Crippen LogP contribution in [-0.2, 0) is 4.79 Å². The van der Waals surface area contributed by atoms with Crippen LogP contribution >= 0.6 is 9.24 Å². The Hall–Kier alpha value is -0.0200. The minimum atomic E-state index is -2.09. The number of rotatable bonds is 32. The molecule has 0 radical (unpaired) electrons. The topological polar surface area (TPSA) is 77.8 Å². The Bertz CT molecular complexity index is 554. The van der Waals surface area contributed by atoms with Crippen molar-refractivity contribution in [2.45, 2.75) is 211 Å². The van der Waals surface area contributed by atoms with Crippen molar-refractivity contribution in [3.63, 3.8) is 0 Å². The van der Waals surface area contributed by atoms with Crippen molar-refractivity contribution >= 4 is 15.0 Å². The molecule has 0 aliphatic heterocycles. The van der Waals surface area contributed by atoms with E-state index in [0.717, 1.165) is 32.1 Å². The van der Waals surface area contributed by atoms with Crippen molar-refractivity contribution in [1.29, 1.82) is 0 Å². The second kappa shape index (κ2) is 27.8. The van der Waals surface area contributed by atoms with Crippen molar-refractivity contribution in [1.82, 2.24) is 0 Å². The minimum absolute atomic E-state index is 0.213. The molecule has 0 spiro atoms. The van der Waals surface area contributed by atoms with E-state index in [1.54, 1.807) is 0 Å². The van der Waals surface area contributed by atoms with Crippen LogP contribution in [0.1, 0.15) is 200 Å². The average molecular weight is 587 g/mol. The molecule has 0 fully saturated rings. The van der Waals surface area contributed by atoms with E-state index in [1.165, 1.54) is 135 Å². The van der Waals surface area contributed by atoms with E-state index in [2.05, 4.69) is 23.1 Å². The van der Waals surface area contributed by atoms with Crippen molar-refractivity contribution in [2.75, 3.05) is 6.61 Å². The third-order valence-corrected chi connectivity index (χ3v) is 9.59. The number of Topliss-reactive ketones (excluding diaryl/α,β-unsaturated/α-hetero) is 1. The SMILES string of the molecule is CCCCCCCCCCCCCCCCC(O)(P)C(O)(CO)C(=O)CCCCCCCCCCCCCCC. The highest BCUT2D eigenvalue weighted by molar-refractivity contribution is 7.18. The number of ketones is 1. The Labute approximate surface area is 252 Å². The Balaban J connectivity index is 3.86. The van der Waals surface area contributed by atoms with Crippen LogP contribution in [0.3, 0.4) is 0 Å². The van der Waals surface area contributed by atoms with Crippen LogP contribution in [0.15, 0.2) is 0 Å². The fourth-order valence-corrected chi connectivity index (χ4v) is 6.23. The standard InChI is InChI=1S/C35H71O4P/c1-3-5-7-9-11-13-15-17-19-21-23-25-27-29-31-35(39,40)34(38,32-36)33(37)30-28-26-24-22-20-18-16-14-12-10-8-6-4-2/h36,38-39H,3-32,40H2,1-2H3. The lowest BCUT2D eigenvalue weighted by Crippen LogP contribution is -2.58. The maximum absolute atomic E-state index is 12.8. The second-order valence-electron chi connectivity index (χ2n) is 12.7. The van der Waals surface area contributed by atoms with Crippen LogP contribution in [0, 0.1) is 0 Å². The lowest BCUT2D eigenvalue weighted by molar-refractivity contribution is -0.165. The molecule has 0 heterocycles. The maximum atomic E-state index is 12.8. The van der Waals surface area contributed by atoms with Gasteiger partial charge in [0, 0.05) is 6.42 Å². The van der Waals surface area contributed by atoms with Crippen LogP contribution in [0.5, 0.6) is 0 Å². The summed E-state index contributed by atoms with van der Waals surface area (Å²) in [5, 5.41) is 30.1. The van der Waals surface area contributed by atoms with Gasteiger partial charge in [-0.15, -0.1) is 0 Å². The van der Waals surface area contributed by atoms with Gasteiger partial charge < -0.3 is 15.3 Å². The molecule has 0 aromatic heterocycles.